The molecule has 2 aromatic carbocycles. The van der Waals surface area contributed by atoms with Crippen molar-refractivity contribution in [2.75, 3.05) is 0 Å². The van der Waals surface area contributed by atoms with E-state index < -0.39 is 0 Å². The molecule has 0 heterocycles. The molecule has 38 heavy (non-hydrogen) atoms. The van der Waals surface area contributed by atoms with Gasteiger partial charge in [-0.05, 0) is 0 Å². The number of benzene rings is 2. The molecular weight excluding hydrogens is 582 g/mol. The summed E-state index contributed by atoms with van der Waals surface area (Å²) < 4.78 is 3.41. The van der Waals surface area contributed by atoms with Crippen LogP contribution in [0.2, 0.25) is 0 Å². The summed E-state index contributed by atoms with van der Waals surface area (Å²) in [4.78, 5) is 0. The van der Waals surface area contributed by atoms with Gasteiger partial charge in [0.15, 0.2) is 0 Å². The van der Waals surface area contributed by atoms with Crippen LogP contribution in [-0.2, 0) is 32.5 Å². The second-order valence-electron chi connectivity index (χ2n) is 17.5. The molecule has 0 bridgehead atoms. The van der Waals surface area contributed by atoms with Crippen molar-refractivity contribution in [1.82, 2.24) is 0 Å². The van der Waals surface area contributed by atoms with E-state index in [1.165, 1.54) is 11.1 Å². The molecule has 0 fully saturated rings. The molecule has 0 atom stereocenters. The van der Waals surface area contributed by atoms with Crippen molar-refractivity contribution >= 4 is 35.0 Å². The van der Waals surface area contributed by atoms with E-state index in [2.05, 4.69) is 149 Å². The van der Waals surface area contributed by atoms with Crippen molar-refractivity contribution in [3.8, 4) is 0 Å². The first-order chi connectivity index (χ1) is 16.6. The van der Waals surface area contributed by atoms with Gasteiger partial charge in [0.05, 0.1) is 0 Å². The summed E-state index contributed by atoms with van der Waals surface area (Å²) in [6.45, 7) is 43.2. The Labute approximate surface area is 248 Å². The third-order valence-electron chi connectivity index (χ3n) is 7.43. The summed E-state index contributed by atoms with van der Waals surface area (Å²) in [6, 6.07) is 10.3. The van der Waals surface area contributed by atoms with Crippen LogP contribution in [0.25, 0.3) is 0 Å². The number of rotatable bonds is 2. The second-order valence-corrected chi connectivity index (χ2v) is 24.6. The Morgan fingerprint density at radius 1 is 0.316 bits per heavy atom. The van der Waals surface area contributed by atoms with Crippen molar-refractivity contribution in [3.05, 3.63) is 57.6 Å². The zero-order valence-corrected chi connectivity index (χ0v) is 32.0. The van der Waals surface area contributed by atoms with Crippen molar-refractivity contribution in [2.24, 2.45) is 0 Å². The molecule has 0 aliphatic carbocycles. The van der Waals surface area contributed by atoms with Crippen LogP contribution in [0.4, 0.5) is 0 Å². The van der Waals surface area contributed by atoms with Gasteiger partial charge in [0, 0.05) is 0 Å². The van der Waals surface area contributed by atoms with Crippen LogP contribution in [0.5, 0.6) is 0 Å². The van der Waals surface area contributed by atoms with Crippen LogP contribution < -0.4 is 8.70 Å². The predicted octanol–water partition coefficient (Wildman–Crippen LogP) is 8.75. The summed E-state index contributed by atoms with van der Waals surface area (Å²) in [5.41, 5.74) is 10.1. The van der Waals surface area contributed by atoms with Crippen LogP contribution in [0, 0.1) is 0 Å². The Morgan fingerprint density at radius 2 is 0.500 bits per heavy atom. The first kappa shape index (κ1) is 33.8. The SMILES string of the molecule is CC(C)(C)c1cc(C(C)(C)C)c([As]=[As]c2c(C(C)(C)C)cc(C(C)(C)C)cc2C(C)(C)C)c(C(C)(C)C)c1. The second kappa shape index (κ2) is 10.8. The Bertz CT molecular complexity index is 1020. The van der Waals surface area contributed by atoms with Crippen LogP contribution in [0.1, 0.15) is 158 Å². The van der Waals surface area contributed by atoms with Crippen LogP contribution in [-0.4, -0.2) is 26.3 Å². The molecule has 0 aliphatic rings. The molecule has 2 aromatic rings. The molecule has 0 spiro atoms. The zero-order valence-electron chi connectivity index (χ0n) is 28.2. The van der Waals surface area contributed by atoms with Crippen molar-refractivity contribution in [3.63, 3.8) is 0 Å². The fraction of sp³-hybridized carbons (Fsp3) is 0.667. The van der Waals surface area contributed by atoms with Gasteiger partial charge < -0.3 is 0 Å². The van der Waals surface area contributed by atoms with Gasteiger partial charge in [0.25, 0.3) is 0 Å². The van der Waals surface area contributed by atoms with Gasteiger partial charge in [-0.25, -0.2) is 0 Å². The van der Waals surface area contributed by atoms with Gasteiger partial charge in [-0.1, -0.05) is 0 Å². The van der Waals surface area contributed by atoms with Gasteiger partial charge in [0.1, 0.15) is 0 Å². The zero-order chi connectivity index (χ0) is 29.9. The summed E-state index contributed by atoms with van der Waals surface area (Å²) in [5.74, 6) is 0. The van der Waals surface area contributed by atoms with Gasteiger partial charge in [0.2, 0.25) is 0 Å². The number of hydrogen-bond acceptors (Lipinski definition) is 0. The minimum absolute atomic E-state index is 0.0432. The van der Waals surface area contributed by atoms with E-state index in [1.54, 1.807) is 31.0 Å². The van der Waals surface area contributed by atoms with Crippen LogP contribution in [0.15, 0.2) is 24.3 Å². The molecule has 0 saturated heterocycles. The van der Waals surface area contributed by atoms with E-state index in [-0.39, 0.29) is 58.8 Å². The average molecular weight is 641 g/mol. The molecule has 0 unspecified atom stereocenters. The molecule has 0 radical (unpaired) electrons. The van der Waals surface area contributed by atoms with Gasteiger partial charge >= 0.3 is 250 Å². The first-order valence-corrected chi connectivity index (χ1v) is 21.5. The fourth-order valence-electron chi connectivity index (χ4n) is 4.74. The Morgan fingerprint density at radius 3 is 0.632 bits per heavy atom. The fourth-order valence-corrected chi connectivity index (χ4v) is 16.3. The van der Waals surface area contributed by atoms with Crippen LogP contribution in [0.3, 0.4) is 0 Å². The molecule has 0 nitrogen and oxygen atoms in total. The Balaban J connectivity index is 3.07. The molecule has 0 N–H and O–H groups in total. The summed E-state index contributed by atoms with van der Waals surface area (Å²) in [7, 11) is 0. The third-order valence-corrected chi connectivity index (χ3v) is 16.0. The van der Waals surface area contributed by atoms with Crippen LogP contribution >= 0.6 is 0 Å². The molecule has 212 valence electrons. The van der Waals surface area contributed by atoms with Crippen molar-refractivity contribution in [1.29, 1.82) is 0 Å². The van der Waals surface area contributed by atoms with Gasteiger partial charge in [-0.2, -0.15) is 0 Å². The topological polar surface area (TPSA) is 0 Å². The Hall–Kier alpha value is -0.443. The monoisotopic (exact) mass is 640 g/mol. The molecule has 2 rings (SSSR count). The minimum atomic E-state index is 0.0432. The molecule has 0 saturated carbocycles. The van der Waals surface area contributed by atoms with E-state index in [9.17, 15) is 0 Å². The van der Waals surface area contributed by atoms with E-state index in [0.717, 1.165) is 0 Å². The Kier molecular flexibility index (Phi) is 9.55. The first-order valence-electron chi connectivity index (χ1n) is 14.5. The molecule has 0 aromatic heterocycles. The van der Waals surface area contributed by atoms with Crippen molar-refractivity contribution in [2.45, 2.75) is 157 Å². The molecule has 0 aliphatic heterocycles. The van der Waals surface area contributed by atoms with Crippen molar-refractivity contribution < 1.29 is 0 Å². The summed E-state index contributed by atoms with van der Waals surface area (Å²) in [5, 5.41) is 0. The average Bonchev–Trinajstić information content (AvgIpc) is 2.66. The quantitative estimate of drug-likeness (QED) is 0.288. The van der Waals surface area contributed by atoms with E-state index >= 15 is 0 Å². The summed E-state index contributed by atoms with van der Waals surface area (Å²) >= 11 is 0.0863. The van der Waals surface area contributed by atoms with E-state index in [4.69, 9.17) is 0 Å². The van der Waals surface area contributed by atoms with E-state index in [1.807, 2.05) is 0 Å². The summed E-state index contributed by atoms with van der Waals surface area (Å²) in [6.07, 6.45) is 0. The molecule has 2 heteroatoms. The normalized spacial score (nSPS) is 14.5. The van der Waals surface area contributed by atoms with Gasteiger partial charge in [-0.3, -0.25) is 0 Å². The predicted molar refractivity (Wildman–Crippen MR) is 176 cm³/mol. The molecular formula is C36H58As2. The van der Waals surface area contributed by atoms with E-state index in [0.29, 0.717) is 0 Å². The maximum absolute atomic E-state index is 2.57. The standard InChI is InChI=1S/C36H58As2/c1-31(2,3)23-19-25(33(7,8)9)29(26(20-23)34(10,11)12)37-38-30-27(35(13,14)15)21-24(32(4,5)6)22-28(30)36(16,17)18/h19-22H,1-18H3. The maximum atomic E-state index is 2.57. The number of hydrogen-bond donors (Lipinski definition) is 0. The molecule has 0 amide bonds. The van der Waals surface area contributed by atoms with Gasteiger partial charge in [-0.15, -0.1) is 0 Å². The third kappa shape index (κ3) is 8.07.